The highest BCUT2D eigenvalue weighted by Gasteiger charge is 2.24. The number of hydrogen-bond donors (Lipinski definition) is 1. The first-order valence-electron chi connectivity index (χ1n) is 5.68. The minimum absolute atomic E-state index is 0.0219. The molecule has 0 radical (unpaired) electrons. The summed E-state index contributed by atoms with van der Waals surface area (Å²) >= 11 is 0. The summed E-state index contributed by atoms with van der Waals surface area (Å²) in [6.07, 6.45) is 0. The average Bonchev–Trinajstić information content (AvgIpc) is 2.30. The summed E-state index contributed by atoms with van der Waals surface area (Å²) in [5, 5.41) is 8.91. The van der Waals surface area contributed by atoms with Gasteiger partial charge in [-0.2, -0.15) is 4.31 Å². The Hall–Kier alpha value is -1.40. The Kier molecular flexibility index (Phi) is 4.48. The van der Waals surface area contributed by atoms with Crippen LogP contribution >= 0.6 is 0 Å². The van der Waals surface area contributed by atoms with Crippen molar-refractivity contribution < 1.29 is 18.3 Å². The SMILES string of the molecule is CCN(CC)S(=O)(=O)c1cc(C(=O)O)ccc1C. The Morgan fingerprint density at radius 1 is 1.28 bits per heavy atom. The van der Waals surface area contributed by atoms with Crippen LogP contribution in [0.1, 0.15) is 29.8 Å². The number of nitrogens with zero attached hydrogens (tertiary/aromatic N) is 1. The second-order valence-corrected chi connectivity index (χ2v) is 5.78. The molecule has 0 aromatic heterocycles. The zero-order valence-corrected chi connectivity index (χ0v) is 11.5. The van der Waals surface area contributed by atoms with E-state index in [0.29, 0.717) is 18.7 Å². The van der Waals surface area contributed by atoms with Crippen LogP contribution < -0.4 is 0 Å². The molecule has 1 N–H and O–H groups in total. The lowest BCUT2D eigenvalue weighted by Gasteiger charge is -2.19. The summed E-state index contributed by atoms with van der Waals surface area (Å²) in [5.41, 5.74) is 0.526. The number of rotatable bonds is 5. The lowest BCUT2D eigenvalue weighted by atomic mass is 10.1. The molecule has 1 aromatic rings. The van der Waals surface area contributed by atoms with E-state index in [9.17, 15) is 13.2 Å². The fourth-order valence-corrected chi connectivity index (χ4v) is 3.42. The van der Waals surface area contributed by atoms with Crippen molar-refractivity contribution in [1.82, 2.24) is 4.31 Å². The average molecular weight is 271 g/mol. The maximum atomic E-state index is 12.3. The lowest BCUT2D eigenvalue weighted by molar-refractivity contribution is 0.0696. The maximum Gasteiger partial charge on any atom is 0.335 e. The van der Waals surface area contributed by atoms with Crippen molar-refractivity contribution in [3.8, 4) is 0 Å². The van der Waals surface area contributed by atoms with E-state index in [2.05, 4.69) is 0 Å². The molecule has 0 unspecified atom stereocenters. The van der Waals surface area contributed by atoms with Gasteiger partial charge in [-0.25, -0.2) is 13.2 Å². The van der Waals surface area contributed by atoms with Gasteiger partial charge in [-0.05, 0) is 24.6 Å². The van der Waals surface area contributed by atoms with Crippen LogP contribution in [0.5, 0.6) is 0 Å². The van der Waals surface area contributed by atoms with Gasteiger partial charge in [0.2, 0.25) is 10.0 Å². The van der Waals surface area contributed by atoms with Crippen molar-refractivity contribution >= 4 is 16.0 Å². The van der Waals surface area contributed by atoms with Crippen molar-refractivity contribution in [3.05, 3.63) is 29.3 Å². The summed E-state index contributed by atoms with van der Waals surface area (Å²) in [4.78, 5) is 11.0. The van der Waals surface area contributed by atoms with E-state index >= 15 is 0 Å². The van der Waals surface area contributed by atoms with E-state index in [1.54, 1.807) is 20.8 Å². The topological polar surface area (TPSA) is 74.7 Å². The van der Waals surface area contributed by atoms with Gasteiger partial charge < -0.3 is 5.11 Å². The number of aromatic carboxylic acids is 1. The van der Waals surface area contributed by atoms with E-state index in [0.717, 1.165) is 0 Å². The first kappa shape index (κ1) is 14.7. The molecule has 0 saturated heterocycles. The van der Waals surface area contributed by atoms with E-state index in [4.69, 9.17) is 5.11 Å². The molecule has 100 valence electrons. The van der Waals surface area contributed by atoms with Crippen molar-refractivity contribution in [2.24, 2.45) is 0 Å². The maximum absolute atomic E-state index is 12.3. The number of carbonyl (C=O) groups is 1. The van der Waals surface area contributed by atoms with Crippen LogP contribution in [0.15, 0.2) is 23.1 Å². The largest absolute Gasteiger partial charge is 0.478 e. The number of benzene rings is 1. The summed E-state index contributed by atoms with van der Waals surface area (Å²) in [5.74, 6) is -1.13. The monoisotopic (exact) mass is 271 g/mol. The van der Waals surface area contributed by atoms with Crippen LogP contribution in [0.25, 0.3) is 0 Å². The van der Waals surface area contributed by atoms with Crippen LogP contribution in [-0.4, -0.2) is 36.9 Å². The number of carboxylic acid groups (broad SMARTS) is 1. The molecule has 0 aliphatic carbocycles. The molecule has 0 aliphatic heterocycles. The van der Waals surface area contributed by atoms with Crippen molar-refractivity contribution in [3.63, 3.8) is 0 Å². The minimum Gasteiger partial charge on any atom is -0.478 e. The smallest absolute Gasteiger partial charge is 0.335 e. The van der Waals surface area contributed by atoms with E-state index in [-0.39, 0.29) is 10.5 Å². The molecule has 1 aromatic carbocycles. The third kappa shape index (κ3) is 2.70. The van der Waals surface area contributed by atoms with Crippen molar-refractivity contribution in [2.75, 3.05) is 13.1 Å². The Morgan fingerprint density at radius 3 is 2.28 bits per heavy atom. The number of aryl methyl sites for hydroxylation is 1. The number of carboxylic acids is 1. The normalized spacial score (nSPS) is 11.8. The predicted octanol–water partition coefficient (Wildman–Crippen LogP) is 1.72. The van der Waals surface area contributed by atoms with Crippen LogP contribution in [0.3, 0.4) is 0 Å². The molecule has 0 atom stereocenters. The standard InChI is InChI=1S/C12H17NO4S/c1-4-13(5-2)18(16,17)11-8-10(12(14)15)7-6-9(11)3/h6-8H,4-5H2,1-3H3,(H,14,15). The van der Waals surface area contributed by atoms with Crippen LogP contribution in [0.4, 0.5) is 0 Å². The van der Waals surface area contributed by atoms with E-state index in [1.807, 2.05) is 0 Å². The molecule has 0 amide bonds. The summed E-state index contributed by atoms with van der Waals surface area (Å²) < 4.78 is 26.0. The molecule has 0 fully saturated rings. The fraction of sp³-hybridized carbons (Fsp3) is 0.417. The third-order valence-corrected chi connectivity index (χ3v) is 4.95. The van der Waals surface area contributed by atoms with Gasteiger partial charge in [0.25, 0.3) is 0 Å². The first-order valence-corrected chi connectivity index (χ1v) is 7.12. The van der Waals surface area contributed by atoms with Crippen LogP contribution in [0, 0.1) is 6.92 Å². The Bertz CT molecular complexity index is 547. The zero-order chi connectivity index (χ0) is 13.9. The highest BCUT2D eigenvalue weighted by atomic mass is 32.2. The molecule has 0 aliphatic rings. The molecule has 0 spiro atoms. The first-order chi connectivity index (χ1) is 8.34. The summed E-state index contributed by atoms with van der Waals surface area (Å²) in [6, 6.07) is 4.13. The van der Waals surface area contributed by atoms with Gasteiger partial charge in [0.15, 0.2) is 0 Å². The minimum atomic E-state index is -3.62. The molecule has 0 bridgehead atoms. The van der Waals surface area contributed by atoms with Gasteiger partial charge >= 0.3 is 5.97 Å². The van der Waals surface area contributed by atoms with Gasteiger partial charge in [-0.15, -0.1) is 0 Å². The van der Waals surface area contributed by atoms with Gasteiger partial charge in [0.1, 0.15) is 0 Å². The number of sulfonamides is 1. The number of hydrogen-bond acceptors (Lipinski definition) is 3. The molecule has 0 saturated carbocycles. The van der Waals surface area contributed by atoms with Crippen LogP contribution in [0.2, 0.25) is 0 Å². The second kappa shape index (κ2) is 5.49. The second-order valence-electron chi connectivity index (χ2n) is 3.87. The highest BCUT2D eigenvalue weighted by Crippen LogP contribution is 2.21. The molecular weight excluding hydrogens is 254 g/mol. The predicted molar refractivity (Wildman–Crippen MR) is 68.2 cm³/mol. The fourth-order valence-electron chi connectivity index (χ4n) is 1.71. The quantitative estimate of drug-likeness (QED) is 0.885. The highest BCUT2D eigenvalue weighted by molar-refractivity contribution is 7.89. The summed E-state index contributed by atoms with van der Waals surface area (Å²) in [7, 11) is -3.62. The molecule has 6 heteroatoms. The summed E-state index contributed by atoms with van der Waals surface area (Å²) in [6.45, 7) is 5.86. The molecule has 0 heterocycles. The Balaban J connectivity index is 3.40. The molecule has 5 nitrogen and oxygen atoms in total. The van der Waals surface area contributed by atoms with E-state index < -0.39 is 16.0 Å². The zero-order valence-electron chi connectivity index (χ0n) is 10.7. The van der Waals surface area contributed by atoms with Crippen LogP contribution in [-0.2, 0) is 10.0 Å². The third-order valence-electron chi connectivity index (χ3n) is 2.76. The molecule has 1 rings (SSSR count). The van der Waals surface area contributed by atoms with E-state index in [1.165, 1.54) is 22.5 Å². The molecular formula is C12H17NO4S. The molecule has 18 heavy (non-hydrogen) atoms. The Morgan fingerprint density at radius 2 is 1.83 bits per heavy atom. The van der Waals surface area contributed by atoms with Gasteiger partial charge in [0, 0.05) is 13.1 Å². The van der Waals surface area contributed by atoms with Crippen molar-refractivity contribution in [1.29, 1.82) is 0 Å². The Labute approximate surface area is 107 Å². The van der Waals surface area contributed by atoms with Crippen molar-refractivity contribution in [2.45, 2.75) is 25.7 Å². The lowest BCUT2D eigenvalue weighted by Crippen LogP contribution is -2.31. The van der Waals surface area contributed by atoms with Gasteiger partial charge in [-0.3, -0.25) is 0 Å². The van der Waals surface area contributed by atoms with Gasteiger partial charge in [-0.1, -0.05) is 19.9 Å². The van der Waals surface area contributed by atoms with Gasteiger partial charge in [0.05, 0.1) is 10.5 Å².